The lowest BCUT2D eigenvalue weighted by atomic mass is 9.96. The number of anilines is 2. The summed E-state index contributed by atoms with van der Waals surface area (Å²) in [5.41, 5.74) is 10.5. The average Bonchev–Trinajstić information content (AvgIpc) is 2.64. The molecule has 1 aromatic heterocycles. The lowest BCUT2D eigenvalue weighted by molar-refractivity contribution is 0.102. The molecule has 1 atom stereocenters. The Morgan fingerprint density at radius 2 is 2.04 bits per heavy atom. The third-order valence-corrected chi connectivity index (χ3v) is 4.57. The first-order valence-electron chi connectivity index (χ1n) is 8.66. The Bertz CT molecular complexity index is 974. The fourth-order valence-electron chi connectivity index (χ4n) is 2.92. The molecule has 6 heteroatoms. The molecule has 1 heterocycles. The predicted octanol–water partition coefficient (Wildman–Crippen LogP) is 4.62. The van der Waals surface area contributed by atoms with Gasteiger partial charge >= 0.3 is 0 Å². The molecular weight excluding hydrogens is 360 g/mol. The molecular formula is C21H21ClN4O. The van der Waals surface area contributed by atoms with Crippen molar-refractivity contribution in [3.63, 3.8) is 0 Å². The zero-order valence-electron chi connectivity index (χ0n) is 15.2. The predicted molar refractivity (Wildman–Crippen MR) is 109 cm³/mol. The molecule has 0 aliphatic carbocycles. The van der Waals surface area contributed by atoms with Crippen molar-refractivity contribution in [2.24, 2.45) is 0 Å². The van der Waals surface area contributed by atoms with Crippen molar-refractivity contribution in [3.8, 4) is 0 Å². The molecule has 0 saturated heterocycles. The average molecular weight is 381 g/mol. The van der Waals surface area contributed by atoms with Crippen LogP contribution in [0.1, 0.15) is 40.0 Å². The zero-order valence-corrected chi connectivity index (χ0v) is 16.0. The highest BCUT2D eigenvalue weighted by atomic mass is 35.5. The molecule has 0 bridgehead atoms. The number of nitrogen functional groups attached to an aromatic ring is 1. The van der Waals surface area contributed by atoms with Crippen LogP contribution in [0.5, 0.6) is 0 Å². The van der Waals surface area contributed by atoms with Crippen LogP contribution in [0.2, 0.25) is 5.15 Å². The van der Waals surface area contributed by atoms with Gasteiger partial charge in [-0.1, -0.05) is 36.7 Å². The number of amides is 1. The van der Waals surface area contributed by atoms with Crippen molar-refractivity contribution in [2.75, 3.05) is 11.1 Å². The third kappa shape index (κ3) is 4.83. The maximum atomic E-state index is 12.6. The van der Waals surface area contributed by atoms with Gasteiger partial charge in [-0.25, -0.2) is 4.98 Å². The molecule has 3 aromatic rings. The molecule has 1 amide bonds. The van der Waals surface area contributed by atoms with Gasteiger partial charge in [-0.3, -0.25) is 9.78 Å². The monoisotopic (exact) mass is 380 g/mol. The summed E-state index contributed by atoms with van der Waals surface area (Å²) >= 11 is 5.91. The summed E-state index contributed by atoms with van der Waals surface area (Å²) in [5, 5.41) is 3.34. The number of aromatic nitrogens is 2. The highest BCUT2D eigenvalue weighted by Gasteiger charge is 2.12. The molecule has 0 aliphatic rings. The van der Waals surface area contributed by atoms with Crippen LogP contribution in [-0.2, 0) is 6.42 Å². The van der Waals surface area contributed by atoms with Crippen LogP contribution in [0.25, 0.3) is 0 Å². The van der Waals surface area contributed by atoms with Gasteiger partial charge in [-0.05, 0) is 54.7 Å². The standard InChI is InChI=1S/C21H21ClN4O/c1-13-6-7-16(23)10-19(13)21(27)26-17-5-3-4-15(9-17)14(2)8-18-11-24-12-20(22)25-18/h3-7,9-12,14H,8,23H2,1-2H3,(H,26,27)/t14-/m1/s1. The Hall–Kier alpha value is -2.92. The van der Waals surface area contributed by atoms with Crippen molar-refractivity contribution in [1.29, 1.82) is 0 Å². The van der Waals surface area contributed by atoms with E-state index in [9.17, 15) is 4.79 Å². The summed E-state index contributed by atoms with van der Waals surface area (Å²) in [5.74, 6) is 0.0223. The Morgan fingerprint density at radius 3 is 2.81 bits per heavy atom. The second kappa shape index (κ2) is 8.18. The molecule has 0 radical (unpaired) electrons. The number of aryl methyl sites for hydroxylation is 1. The highest BCUT2D eigenvalue weighted by molar-refractivity contribution is 6.29. The molecule has 27 heavy (non-hydrogen) atoms. The van der Waals surface area contributed by atoms with E-state index in [1.807, 2.05) is 37.3 Å². The molecule has 3 N–H and O–H groups in total. The number of nitrogens with zero attached hydrogens (tertiary/aromatic N) is 2. The second-order valence-electron chi connectivity index (χ2n) is 6.59. The maximum absolute atomic E-state index is 12.6. The Morgan fingerprint density at radius 1 is 1.22 bits per heavy atom. The minimum atomic E-state index is -0.176. The summed E-state index contributed by atoms with van der Waals surface area (Å²) in [6, 6.07) is 13.1. The van der Waals surface area contributed by atoms with E-state index >= 15 is 0 Å². The summed E-state index contributed by atoms with van der Waals surface area (Å²) in [6.07, 6.45) is 3.94. The Labute approximate surface area is 163 Å². The number of hydrogen-bond donors (Lipinski definition) is 2. The van der Waals surface area contributed by atoms with Gasteiger partial charge in [-0.2, -0.15) is 0 Å². The fourth-order valence-corrected chi connectivity index (χ4v) is 3.08. The van der Waals surface area contributed by atoms with Crippen molar-refractivity contribution >= 4 is 28.9 Å². The van der Waals surface area contributed by atoms with Gasteiger partial charge in [0.2, 0.25) is 0 Å². The van der Waals surface area contributed by atoms with E-state index in [4.69, 9.17) is 17.3 Å². The first kappa shape index (κ1) is 18.9. The van der Waals surface area contributed by atoms with Gasteiger partial charge in [0, 0.05) is 23.1 Å². The van der Waals surface area contributed by atoms with Crippen LogP contribution >= 0.6 is 11.6 Å². The lowest BCUT2D eigenvalue weighted by Crippen LogP contribution is -2.14. The van der Waals surface area contributed by atoms with Gasteiger partial charge in [0.15, 0.2) is 0 Å². The topological polar surface area (TPSA) is 80.9 Å². The Balaban J connectivity index is 1.75. The van der Waals surface area contributed by atoms with E-state index in [0.717, 1.165) is 22.5 Å². The van der Waals surface area contributed by atoms with Crippen molar-refractivity contribution in [1.82, 2.24) is 9.97 Å². The van der Waals surface area contributed by atoms with Gasteiger partial charge in [0.25, 0.3) is 5.91 Å². The molecule has 0 spiro atoms. The smallest absolute Gasteiger partial charge is 0.256 e. The number of benzene rings is 2. The lowest BCUT2D eigenvalue weighted by Gasteiger charge is -2.14. The van der Waals surface area contributed by atoms with Crippen LogP contribution in [-0.4, -0.2) is 15.9 Å². The molecule has 3 rings (SSSR count). The van der Waals surface area contributed by atoms with Gasteiger partial charge in [-0.15, -0.1) is 0 Å². The number of nitrogens with two attached hydrogens (primary N) is 1. The maximum Gasteiger partial charge on any atom is 0.256 e. The number of halogens is 1. The first-order chi connectivity index (χ1) is 12.9. The van der Waals surface area contributed by atoms with E-state index in [0.29, 0.717) is 22.8 Å². The number of carbonyl (C=O) groups is 1. The second-order valence-corrected chi connectivity index (χ2v) is 6.98. The molecule has 0 saturated carbocycles. The van der Waals surface area contributed by atoms with E-state index in [2.05, 4.69) is 22.2 Å². The van der Waals surface area contributed by atoms with Crippen molar-refractivity contribution in [3.05, 3.63) is 82.4 Å². The number of nitrogens with one attached hydrogen (secondary N) is 1. The molecule has 0 unspecified atom stereocenters. The van der Waals surface area contributed by atoms with Crippen LogP contribution in [0.15, 0.2) is 54.9 Å². The van der Waals surface area contributed by atoms with E-state index in [-0.39, 0.29) is 11.8 Å². The van der Waals surface area contributed by atoms with Gasteiger partial charge in [0.05, 0.1) is 11.9 Å². The summed E-state index contributed by atoms with van der Waals surface area (Å²) in [7, 11) is 0. The van der Waals surface area contributed by atoms with E-state index in [1.165, 1.54) is 6.20 Å². The summed E-state index contributed by atoms with van der Waals surface area (Å²) in [4.78, 5) is 21.0. The summed E-state index contributed by atoms with van der Waals surface area (Å²) in [6.45, 7) is 3.99. The van der Waals surface area contributed by atoms with Gasteiger partial charge < -0.3 is 11.1 Å². The number of hydrogen-bond acceptors (Lipinski definition) is 4. The number of carbonyl (C=O) groups excluding carboxylic acids is 1. The van der Waals surface area contributed by atoms with E-state index < -0.39 is 0 Å². The SMILES string of the molecule is Cc1ccc(N)cc1C(=O)Nc1cccc([C@H](C)Cc2cncc(Cl)n2)c1. The molecule has 0 aliphatic heterocycles. The highest BCUT2D eigenvalue weighted by Crippen LogP contribution is 2.23. The Kier molecular flexibility index (Phi) is 5.72. The van der Waals surface area contributed by atoms with Crippen molar-refractivity contribution in [2.45, 2.75) is 26.2 Å². The van der Waals surface area contributed by atoms with Crippen LogP contribution in [0, 0.1) is 6.92 Å². The molecule has 2 aromatic carbocycles. The fraction of sp³-hybridized carbons (Fsp3) is 0.190. The minimum Gasteiger partial charge on any atom is -0.399 e. The first-order valence-corrected chi connectivity index (χ1v) is 9.04. The largest absolute Gasteiger partial charge is 0.399 e. The van der Waals surface area contributed by atoms with Crippen LogP contribution in [0.3, 0.4) is 0 Å². The van der Waals surface area contributed by atoms with Crippen LogP contribution in [0.4, 0.5) is 11.4 Å². The molecule has 5 nitrogen and oxygen atoms in total. The van der Waals surface area contributed by atoms with E-state index in [1.54, 1.807) is 18.3 Å². The minimum absolute atomic E-state index is 0.176. The summed E-state index contributed by atoms with van der Waals surface area (Å²) < 4.78 is 0. The molecule has 0 fully saturated rings. The van der Waals surface area contributed by atoms with Gasteiger partial charge in [0.1, 0.15) is 5.15 Å². The zero-order chi connectivity index (χ0) is 19.4. The normalized spacial score (nSPS) is 11.8. The molecule has 138 valence electrons. The third-order valence-electron chi connectivity index (χ3n) is 4.39. The van der Waals surface area contributed by atoms with Crippen LogP contribution < -0.4 is 11.1 Å². The quantitative estimate of drug-likeness (QED) is 0.633. The number of rotatable bonds is 5. The van der Waals surface area contributed by atoms with Crippen molar-refractivity contribution < 1.29 is 4.79 Å².